The second-order valence-corrected chi connectivity index (χ2v) is 12.3. The van der Waals surface area contributed by atoms with Crippen LogP contribution < -0.4 is 0 Å². The van der Waals surface area contributed by atoms with Gasteiger partial charge in [0.15, 0.2) is 0 Å². The van der Waals surface area contributed by atoms with Gasteiger partial charge in [-0.25, -0.2) is 0 Å². The van der Waals surface area contributed by atoms with Crippen molar-refractivity contribution in [3.63, 3.8) is 0 Å². The number of rotatable bonds is 0. The quantitative estimate of drug-likeness (QED) is 0.330. The average molecular weight is 469 g/mol. The summed E-state index contributed by atoms with van der Waals surface area (Å²) >= 11 is 0. The predicted octanol–water partition coefficient (Wildman–Crippen LogP) is 8.24. The lowest BCUT2D eigenvalue weighted by Gasteiger charge is -2.47. The summed E-state index contributed by atoms with van der Waals surface area (Å²) in [5, 5.41) is 0. The van der Waals surface area contributed by atoms with Gasteiger partial charge >= 0.3 is 0 Å². The summed E-state index contributed by atoms with van der Waals surface area (Å²) in [5.41, 5.74) is 0. The normalized spacial score (nSPS) is 39.8. The molecule has 0 amide bonds. The molecule has 5 heterocycles. The van der Waals surface area contributed by atoms with Gasteiger partial charge in [0.05, 0.1) is 0 Å². The van der Waals surface area contributed by atoms with Crippen molar-refractivity contribution >= 4 is 0 Å². The molecule has 5 aliphatic heterocycles. The Labute approximate surface area is 212 Å². The van der Waals surface area contributed by atoms with Gasteiger partial charge in [0.2, 0.25) is 0 Å². The molecule has 6 bridgehead atoms. The highest BCUT2D eigenvalue weighted by atomic mass is 15.1. The predicted molar refractivity (Wildman–Crippen MR) is 148 cm³/mol. The highest BCUT2D eigenvalue weighted by Gasteiger charge is 2.38. The molecule has 5 rings (SSSR count). The molecular formula is C32H56N2. The van der Waals surface area contributed by atoms with E-state index in [0.29, 0.717) is 0 Å². The smallest absolute Gasteiger partial charge is 0.00127 e. The lowest BCUT2D eigenvalue weighted by atomic mass is 9.69. The zero-order valence-electron chi connectivity index (χ0n) is 22.5. The number of fused-ring (bicyclic) bond motifs is 10. The summed E-state index contributed by atoms with van der Waals surface area (Å²) in [7, 11) is 0. The molecule has 0 aliphatic carbocycles. The Morgan fingerprint density at radius 3 is 1.79 bits per heavy atom. The van der Waals surface area contributed by atoms with E-state index in [4.69, 9.17) is 0 Å². The minimum Gasteiger partial charge on any atom is -0.303 e. The van der Waals surface area contributed by atoms with Crippen molar-refractivity contribution in [2.45, 2.75) is 116 Å². The lowest BCUT2D eigenvalue weighted by Crippen LogP contribution is -2.49. The maximum Gasteiger partial charge on any atom is 0.00127 e. The van der Waals surface area contributed by atoms with Crippen molar-refractivity contribution in [1.82, 2.24) is 9.80 Å². The molecule has 0 N–H and O–H groups in total. The van der Waals surface area contributed by atoms with Crippen LogP contribution in [0.4, 0.5) is 0 Å². The molecule has 194 valence electrons. The first-order valence-electron chi connectivity index (χ1n) is 15.6. The Kier molecular flexibility index (Phi) is 12.1. The third-order valence-electron chi connectivity index (χ3n) is 9.58. The number of hydrogen-bond donors (Lipinski definition) is 0. The fourth-order valence-electron chi connectivity index (χ4n) is 7.69. The monoisotopic (exact) mass is 468 g/mol. The van der Waals surface area contributed by atoms with Crippen LogP contribution in [-0.4, -0.2) is 49.1 Å². The van der Waals surface area contributed by atoms with Gasteiger partial charge < -0.3 is 9.80 Å². The Morgan fingerprint density at radius 2 is 1.03 bits per heavy atom. The summed E-state index contributed by atoms with van der Waals surface area (Å²) in [6.07, 6.45) is 35.4. The number of piperidine rings is 2. The molecule has 5 aliphatic rings. The molecule has 0 aromatic carbocycles. The molecule has 2 heteroatoms. The van der Waals surface area contributed by atoms with Crippen molar-refractivity contribution in [1.29, 1.82) is 0 Å². The van der Waals surface area contributed by atoms with Crippen LogP contribution >= 0.6 is 0 Å². The highest BCUT2D eigenvalue weighted by Crippen LogP contribution is 2.40. The van der Waals surface area contributed by atoms with E-state index in [1.165, 1.54) is 155 Å². The molecule has 34 heavy (non-hydrogen) atoms. The van der Waals surface area contributed by atoms with E-state index in [1.807, 2.05) is 0 Å². The van der Waals surface area contributed by atoms with Crippen LogP contribution in [0.2, 0.25) is 0 Å². The van der Waals surface area contributed by atoms with E-state index in [1.54, 1.807) is 0 Å². The SMILES string of the molecule is C1=C\CCCCN2C[C@H]3CCCC/C=C\CCCCN4CC[C@@H]([C@H](CCCCCC/1)C4)[C@H](C3)C2. The molecule has 2 saturated heterocycles. The zero-order chi connectivity index (χ0) is 23.3. The molecule has 0 radical (unpaired) electrons. The van der Waals surface area contributed by atoms with E-state index in [0.717, 1.165) is 23.7 Å². The van der Waals surface area contributed by atoms with Crippen LogP contribution in [0.3, 0.4) is 0 Å². The van der Waals surface area contributed by atoms with Crippen molar-refractivity contribution in [2.24, 2.45) is 23.7 Å². The Bertz CT molecular complexity index is 582. The minimum atomic E-state index is 0.957. The summed E-state index contributed by atoms with van der Waals surface area (Å²) in [4.78, 5) is 5.80. The van der Waals surface area contributed by atoms with Crippen LogP contribution in [0.25, 0.3) is 0 Å². The van der Waals surface area contributed by atoms with E-state index in [2.05, 4.69) is 34.1 Å². The van der Waals surface area contributed by atoms with Crippen LogP contribution in [0.1, 0.15) is 116 Å². The first kappa shape index (κ1) is 26.5. The Hall–Kier alpha value is -0.600. The van der Waals surface area contributed by atoms with Crippen LogP contribution in [0.15, 0.2) is 24.3 Å². The summed E-state index contributed by atoms with van der Waals surface area (Å²) in [6, 6.07) is 0. The summed E-state index contributed by atoms with van der Waals surface area (Å²) in [5.74, 6) is 3.89. The second kappa shape index (κ2) is 15.5. The molecule has 6 atom stereocenters. The molecule has 2 fully saturated rings. The summed E-state index contributed by atoms with van der Waals surface area (Å²) < 4.78 is 0. The van der Waals surface area contributed by atoms with Crippen molar-refractivity contribution < 1.29 is 0 Å². The van der Waals surface area contributed by atoms with Crippen molar-refractivity contribution in [3.8, 4) is 0 Å². The molecule has 2 nitrogen and oxygen atoms in total. The number of allylic oxidation sites excluding steroid dienone is 4. The molecule has 0 spiro atoms. The van der Waals surface area contributed by atoms with E-state index in [-0.39, 0.29) is 0 Å². The first-order chi connectivity index (χ1) is 16.9. The number of nitrogens with zero attached hydrogens (tertiary/aromatic N) is 2. The Morgan fingerprint density at radius 1 is 0.441 bits per heavy atom. The molecule has 0 aromatic rings. The van der Waals surface area contributed by atoms with Gasteiger partial charge in [0, 0.05) is 19.6 Å². The van der Waals surface area contributed by atoms with Crippen LogP contribution in [0, 0.1) is 23.7 Å². The minimum absolute atomic E-state index is 0.957. The number of hydrogen-bond acceptors (Lipinski definition) is 2. The third kappa shape index (κ3) is 9.12. The third-order valence-corrected chi connectivity index (χ3v) is 9.58. The van der Waals surface area contributed by atoms with Gasteiger partial charge in [-0.1, -0.05) is 50.0 Å². The van der Waals surface area contributed by atoms with Gasteiger partial charge in [-0.2, -0.15) is 0 Å². The van der Waals surface area contributed by atoms with E-state index in [9.17, 15) is 0 Å². The van der Waals surface area contributed by atoms with Crippen LogP contribution in [-0.2, 0) is 0 Å². The van der Waals surface area contributed by atoms with Gasteiger partial charge in [-0.05, 0) is 133 Å². The highest BCUT2D eigenvalue weighted by molar-refractivity contribution is 4.91. The van der Waals surface area contributed by atoms with E-state index < -0.39 is 0 Å². The van der Waals surface area contributed by atoms with Crippen molar-refractivity contribution in [3.05, 3.63) is 24.3 Å². The van der Waals surface area contributed by atoms with Gasteiger partial charge in [0.1, 0.15) is 0 Å². The van der Waals surface area contributed by atoms with Crippen molar-refractivity contribution in [2.75, 3.05) is 39.3 Å². The maximum absolute atomic E-state index is 2.93. The largest absolute Gasteiger partial charge is 0.303 e. The lowest BCUT2D eigenvalue weighted by molar-refractivity contribution is 0.0185. The van der Waals surface area contributed by atoms with E-state index >= 15 is 0 Å². The molecule has 2 unspecified atom stereocenters. The molecule has 0 saturated carbocycles. The van der Waals surface area contributed by atoms with Gasteiger partial charge in [-0.15, -0.1) is 0 Å². The zero-order valence-corrected chi connectivity index (χ0v) is 22.5. The fraction of sp³-hybridized carbons (Fsp3) is 0.875. The van der Waals surface area contributed by atoms with Gasteiger partial charge in [0.25, 0.3) is 0 Å². The van der Waals surface area contributed by atoms with Gasteiger partial charge in [-0.3, -0.25) is 0 Å². The topological polar surface area (TPSA) is 6.48 Å². The average Bonchev–Trinajstić information content (AvgIpc) is 2.85. The second-order valence-electron chi connectivity index (χ2n) is 12.3. The molecular weight excluding hydrogens is 412 g/mol. The Balaban J connectivity index is 1.47. The molecule has 0 aromatic heterocycles. The maximum atomic E-state index is 2.93. The fourth-order valence-corrected chi connectivity index (χ4v) is 7.69. The summed E-state index contributed by atoms with van der Waals surface area (Å²) in [6.45, 7) is 8.30. The first-order valence-corrected chi connectivity index (χ1v) is 15.6. The standard InChI is InChI=1S/C32H56N2/c1-2-5-10-14-18-23-34-26-29-19-15-11-7-4-6-9-13-17-22-33-24-21-32(31(25-29)28-34)30(27-33)20-16-12-8-3-1/h2,4-6,29-32H,1,3,7-28H2/b5-2-,6-4-/t29-,30+,31+,32-/m0/s1. The van der Waals surface area contributed by atoms with Crippen LogP contribution in [0.5, 0.6) is 0 Å².